The largest absolute Gasteiger partial charge is 0.373 e. The second-order valence-electron chi connectivity index (χ2n) is 4.04. The van der Waals surface area contributed by atoms with E-state index in [0.29, 0.717) is 5.02 Å². The number of anilines is 1. The molecule has 1 N–H and O–H groups in total. The molecule has 2 rings (SSSR count). The summed E-state index contributed by atoms with van der Waals surface area (Å²) in [6.07, 6.45) is 5.19. The van der Waals surface area contributed by atoms with Crippen LogP contribution in [-0.4, -0.2) is 26.8 Å². The first-order valence-electron chi connectivity index (χ1n) is 5.91. The van der Waals surface area contributed by atoms with Crippen LogP contribution in [0.3, 0.4) is 0 Å². The molecule has 0 bridgehead atoms. The summed E-state index contributed by atoms with van der Waals surface area (Å²) in [4.78, 5) is 9.02. The zero-order chi connectivity index (χ0) is 13.1. The Morgan fingerprint density at radius 1 is 1.39 bits per heavy atom. The molecule has 0 radical (unpaired) electrons. The summed E-state index contributed by atoms with van der Waals surface area (Å²) in [5.74, 6) is 2.41. The lowest BCUT2D eigenvalue weighted by Gasteiger charge is -2.11. The van der Waals surface area contributed by atoms with E-state index in [1.807, 2.05) is 14.0 Å². The molecule has 2 aromatic rings. The molecule has 0 amide bonds. The van der Waals surface area contributed by atoms with Crippen LogP contribution >= 0.6 is 11.6 Å². The third-order valence-corrected chi connectivity index (χ3v) is 2.84. The fourth-order valence-electron chi connectivity index (χ4n) is 1.77. The van der Waals surface area contributed by atoms with Crippen LogP contribution in [0, 0.1) is 6.92 Å². The summed E-state index contributed by atoms with van der Waals surface area (Å²) >= 11 is 5.89. The zero-order valence-electron chi connectivity index (χ0n) is 10.7. The summed E-state index contributed by atoms with van der Waals surface area (Å²) in [7, 11) is 1.85. The van der Waals surface area contributed by atoms with Crippen molar-refractivity contribution in [2.75, 3.05) is 12.4 Å². The van der Waals surface area contributed by atoms with Crippen molar-refractivity contribution in [2.45, 2.75) is 26.7 Å². The highest BCUT2D eigenvalue weighted by atomic mass is 35.5. The van der Waals surface area contributed by atoms with Gasteiger partial charge in [-0.05, 0) is 13.3 Å². The van der Waals surface area contributed by atoms with Crippen molar-refractivity contribution >= 4 is 17.4 Å². The maximum absolute atomic E-state index is 5.89. The molecule has 0 unspecified atom stereocenters. The van der Waals surface area contributed by atoms with Crippen molar-refractivity contribution in [2.24, 2.45) is 0 Å². The van der Waals surface area contributed by atoms with Crippen molar-refractivity contribution in [1.29, 1.82) is 0 Å². The smallest absolute Gasteiger partial charge is 0.162 e. The van der Waals surface area contributed by atoms with Gasteiger partial charge in [-0.2, -0.15) is 5.10 Å². The Kier molecular flexibility index (Phi) is 3.81. The SMILES string of the molecule is CCCc1nc(NC)c(C)c(-n2cc(Cl)cn2)n1. The van der Waals surface area contributed by atoms with Gasteiger partial charge in [-0.25, -0.2) is 14.6 Å². The Labute approximate surface area is 111 Å². The molecule has 0 saturated heterocycles. The van der Waals surface area contributed by atoms with Crippen molar-refractivity contribution in [3.63, 3.8) is 0 Å². The van der Waals surface area contributed by atoms with Gasteiger partial charge in [-0.1, -0.05) is 18.5 Å². The van der Waals surface area contributed by atoms with Crippen molar-refractivity contribution < 1.29 is 0 Å². The number of aromatic nitrogens is 4. The number of halogens is 1. The Bertz CT molecular complexity index is 549. The van der Waals surface area contributed by atoms with E-state index < -0.39 is 0 Å². The Hall–Kier alpha value is -1.62. The Morgan fingerprint density at radius 2 is 2.17 bits per heavy atom. The van der Waals surface area contributed by atoms with Crippen LogP contribution in [0.15, 0.2) is 12.4 Å². The summed E-state index contributed by atoms with van der Waals surface area (Å²) < 4.78 is 1.68. The molecule has 0 spiro atoms. The lowest BCUT2D eigenvalue weighted by Crippen LogP contribution is -2.09. The van der Waals surface area contributed by atoms with Gasteiger partial charge in [0.1, 0.15) is 11.6 Å². The molecule has 96 valence electrons. The van der Waals surface area contributed by atoms with Crippen LogP contribution in [0.2, 0.25) is 5.02 Å². The van der Waals surface area contributed by atoms with E-state index in [2.05, 4.69) is 27.3 Å². The molecular formula is C12H16ClN5. The van der Waals surface area contributed by atoms with Gasteiger partial charge in [0.15, 0.2) is 5.82 Å². The van der Waals surface area contributed by atoms with Crippen molar-refractivity contribution in [3.8, 4) is 5.82 Å². The molecule has 18 heavy (non-hydrogen) atoms. The lowest BCUT2D eigenvalue weighted by molar-refractivity contribution is 0.778. The molecule has 2 heterocycles. The van der Waals surface area contributed by atoms with Gasteiger partial charge in [-0.3, -0.25) is 0 Å². The van der Waals surface area contributed by atoms with Crippen LogP contribution in [0.4, 0.5) is 5.82 Å². The average Bonchev–Trinajstić information content (AvgIpc) is 2.78. The van der Waals surface area contributed by atoms with Crippen LogP contribution in [-0.2, 0) is 6.42 Å². The van der Waals surface area contributed by atoms with Gasteiger partial charge >= 0.3 is 0 Å². The number of hydrogen-bond acceptors (Lipinski definition) is 4. The second kappa shape index (κ2) is 5.35. The van der Waals surface area contributed by atoms with E-state index in [-0.39, 0.29) is 0 Å². The second-order valence-corrected chi connectivity index (χ2v) is 4.48. The lowest BCUT2D eigenvalue weighted by atomic mass is 10.2. The fourth-order valence-corrected chi connectivity index (χ4v) is 1.90. The molecular weight excluding hydrogens is 250 g/mol. The molecule has 2 aromatic heterocycles. The van der Waals surface area contributed by atoms with Crippen molar-refractivity contribution in [3.05, 3.63) is 28.8 Å². The molecule has 0 aromatic carbocycles. The van der Waals surface area contributed by atoms with Crippen LogP contribution in [0.5, 0.6) is 0 Å². The highest BCUT2D eigenvalue weighted by Gasteiger charge is 2.12. The average molecular weight is 266 g/mol. The van der Waals surface area contributed by atoms with Gasteiger partial charge in [0.05, 0.1) is 17.4 Å². The van der Waals surface area contributed by atoms with Crippen LogP contribution in [0.1, 0.15) is 24.7 Å². The van der Waals surface area contributed by atoms with E-state index >= 15 is 0 Å². The summed E-state index contributed by atoms with van der Waals surface area (Å²) in [6, 6.07) is 0. The predicted molar refractivity (Wildman–Crippen MR) is 72.4 cm³/mol. The van der Waals surface area contributed by atoms with Gasteiger partial charge in [0.25, 0.3) is 0 Å². The van der Waals surface area contributed by atoms with E-state index in [4.69, 9.17) is 11.6 Å². The number of aryl methyl sites for hydroxylation is 1. The standard InChI is InChI=1S/C12H16ClN5/c1-4-5-10-16-11(14-3)8(2)12(17-10)18-7-9(13)6-15-18/h6-7H,4-5H2,1-3H3,(H,14,16,17). The summed E-state index contributed by atoms with van der Waals surface area (Å²) in [6.45, 7) is 4.07. The molecule has 0 atom stereocenters. The maximum Gasteiger partial charge on any atom is 0.162 e. The van der Waals surface area contributed by atoms with E-state index in [9.17, 15) is 0 Å². The summed E-state index contributed by atoms with van der Waals surface area (Å²) in [5, 5.41) is 7.87. The fraction of sp³-hybridized carbons (Fsp3) is 0.417. The zero-order valence-corrected chi connectivity index (χ0v) is 11.5. The minimum atomic E-state index is 0.594. The van der Waals surface area contributed by atoms with Gasteiger partial charge in [0, 0.05) is 19.0 Å². The first kappa shape index (κ1) is 12.8. The molecule has 6 heteroatoms. The molecule has 0 saturated carbocycles. The minimum Gasteiger partial charge on any atom is -0.373 e. The third kappa shape index (κ3) is 2.46. The molecule has 0 aliphatic carbocycles. The van der Waals surface area contributed by atoms with E-state index in [1.54, 1.807) is 17.1 Å². The first-order chi connectivity index (χ1) is 8.65. The third-order valence-electron chi connectivity index (χ3n) is 2.64. The number of nitrogens with one attached hydrogen (secondary N) is 1. The number of nitrogens with zero attached hydrogens (tertiary/aromatic N) is 4. The normalized spacial score (nSPS) is 10.7. The molecule has 0 fully saturated rings. The number of rotatable bonds is 4. The first-order valence-corrected chi connectivity index (χ1v) is 6.29. The quantitative estimate of drug-likeness (QED) is 0.923. The monoisotopic (exact) mass is 265 g/mol. The Balaban J connectivity index is 2.54. The molecule has 5 nitrogen and oxygen atoms in total. The highest BCUT2D eigenvalue weighted by Crippen LogP contribution is 2.20. The van der Waals surface area contributed by atoms with Crippen LogP contribution in [0.25, 0.3) is 5.82 Å². The van der Waals surface area contributed by atoms with Crippen molar-refractivity contribution in [1.82, 2.24) is 19.7 Å². The predicted octanol–water partition coefficient (Wildman–Crippen LogP) is 2.62. The Morgan fingerprint density at radius 3 is 2.72 bits per heavy atom. The maximum atomic E-state index is 5.89. The highest BCUT2D eigenvalue weighted by molar-refractivity contribution is 6.30. The molecule has 0 aliphatic rings. The number of hydrogen-bond donors (Lipinski definition) is 1. The molecule has 0 aliphatic heterocycles. The summed E-state index contributed by atoms with van der Waals surface area (Å²) in [5.41, 5.74) is 0.956. The topological polar surface area (TPSA) is 55.6 Å². The van der Waals surface area contributed by atoms with Gasteiger partial charge in [-0.15, -0.1) is 0 Å². The van der Waals surface area contributed by atoms with Crippen LogP contribution < -0.4 is 5.32 Å². The van der Waals surface area contributed by atoms with E-state index in [0.717, 1.165) is 35.9 Å². The van der Waals surface area contributed by atoms with Gasteiger partial charge in [0.2, 0.25) is 0 Å². The van der Waals surface area contributed by atoms with Gasteiger partial charge < -0.3 is 5.32 Å². The van der Waals surface area contributed by atoms with E-state index in [1.165, 1.54) is 0 Å². The minimum absolute atomic E-state index is 0.594.